The number of carbonyl (C=O) groups is 2. The Labute approximate surface area is 102 Å². The first-order chi connectivity index (χ1) is 8.49. The lowest BCUT2D eigenvalue weighted by atomic mass is 10.2. The second-order valence-electron chi connectivity index (χ2n) is 3.88. The van der Waals surface area contributed by atoms with Crippen LogP contribution in [0.3, 0.4) is 0 Å². The molecule has 1 aliphatic rings. The molecular formula is C11H10N2O5. The zero-order valence-electron chi connectivity index (χ0n) is 9.58. The molecule has 7 heteroatoms. The van der Waals surface area contributed by atoms with Gasteiger partial charge in [-0.3, -0.25) is 24.6 Å². The van der Waals surface area contributed by atoms with Gasteiger partial charge in [-0.1, -0.05) is 0 Å². The number of non-ortho nitro benzene ring substituents is 1. The number of anilines is 1. The van der Waals surface area contributed by atoms with Crippen molar-refractivity contribution in [3.05, 3.63) is 28.3 Å². The van der Waals surface area contributed by atoms with Gasteiger partial charge in [0.25, 0.3) is 11.6 Å². The Bertz CT molecular complexity index is 540. The van der Waals surface area contributed by atoms with Crippen LogP contribution in [-0.4, -0.2) is 29.8 Å². The minimum Gasteiger partial charge on any atom is -0.482 e. The van der Waals surface area contributed by atoms with Crippen LogP contribution in [0.2, 0.25) is 0 Å². The summed E-state index contributed by atoms with van der Waals surface area (Å²) < 4.78 is 5.16. The molecule has 2 rings (SSSR count). The largest absolute Gasteiger partial charge is 0.482 e. The SMILES string of the molecule is CC(=O)CN1C(=O)COc2ccc([N+](=O)[O-])cc21. The van der Waals surface area contributed by atoms with Crippen molar-refractivity contribution >= 4 is 23.1 Å². The first kappa shape index (κ1) is 12.0. The fraction of sp³-hybridized carbons (Fsp3) is 0.273. The van der Waals surface area contributed by atoms with Crippen LogP contribution in [0.15, 0.2) is 18.2 Å². The third kappa shape index (κ3) is 2.15. The third-order valence-electron chi connectivity index (χ3n) is 2.48. The summed E-state index contributed by atoms with van der Waals surface area (Å²) in [5.41, 5.74) is 0.108. The lowest BCUT2D eigenvalue weighted by Crippen LogP contribution is -2.41. The molecule has 0 fully saturated rings. The molecule has 1 amide bonds. The van der Waals surface area contributed by atoms with Gasteiger partial charge in [0.2, 0.25) is 0 Å². The fourth-order valence-electron chi connectivity index (χ4n) is 1.70. The van der Waals surface area contributed by atoms with E-state index in [-0.39, 0.29) is 30.3 Å². The molecule has 1 aromatic rings. The molecule has 0 aliphatic carbocycles. The Balaban J connectivity index is 2.46. The summed E-state index contributed by atoms with van der Waals surface area (Å²) in [5, 5.41) is 10.7. The second kappa shape index (κ2) is 4.44. The topological polar surface area (TPSA) is 89.8 Å². The van der Waals surface area contributed by atoms with Crippen LogP contribution in [0.1, 0.15) is 6.92 Å². The smallest absolute Gasteiger partial charge is 0.271 e. The molecule has 1 heterocycles. The Morgan fingerprint density at radius 3 is 2.89 bits per heavy atom. The van der Waals surface area contributed by atoms with E-state index >= 15 is 0 Å². The van der Waals surface area contributed by atoms with E-state index in [1.807, 2.05) is 0 Å². The Morgan fingerprint density at radius 1 is 1.56 bits per heavy atom. The monoisotopic (exact) mass is 250 g/mol. The van der Waals surface area contributed by atoms with Gasteiger partial charge in [-0.15, -0.1) is 0 Å². The van der Waals surface area contributed by atoms with Crippen LogP contribution in [-0.2, 0) is 9.59 Å². The molecule has 0 N–H and O–H groups in total. The first-order valence-corrected chi connectivity index (χ1v) is 5.20. The van der Waals surface area contributed by atoms with E-state index in [1.165, 1.54) is 30.0 Å². The number of rotatable bonds is 3. The van der Waals surface area contributed by atoms with Crippen LogP contribution in [0.4, 0.5) is 11.4 Å². The first-order valence-electron chi connectivity index (χ1n) is 5.20. The number of amides is 1. The highest BCUT2D eigenvalue weighted by Gasteiger charge is 2.28. The van der Waals surface area contributed by atoms with E-state index in [9.17, 15) is 19.7 Å². The van der Waals surface area contributed by atoms with Crippen molar-refractivity contribution in [2.75, 3.05) is 18.1 Å². The Kier molecular flexibility index (Phi) is 2.97. The van der Waals surface area contributed by atoms with E-state index in [0.717, 1.165) is 0 Å². The maximum atomic E-state index is 11.7. The number of ketones is 1. The van der Waals surface area contributed by atoms with Crippen molar-refractivity contribution in [3.8, 4) is 5.75 Å². The number of fused-ring (bicyclic) bond motifs is 1. The number of benzene rings is 1. The molecule has 0 spiro atoms. The van der Waals surface area contributed by atoms with Crippen LogP contribution in [0, 0.1) is 10.1 Å². The van der Waals surface area contributed by atoms with Crippen LogP contribution >= 0.6 is 0 Å². The molecule has 0 atom stereocenters. The van der Waals surface area contributed by atoms with Gasteiger partial charge < -0.3 is 4.74 Å². The van der Waals surface area contributed by atoms with Gasteiger partial charge in [0, 0.05) is 12.1 Å². The van der Waals surface area contributed by atoms with Gasteiger partial charge in [0.15, 0.2) is 6.61 Å². The number of hydrogen-bond donors (Lipinski definition) is 0. The predicted octanol–water partition coefficient (Wildman–Crippen LogP) is 0.909. The summed E-state index contributed by atoms with van der Waals surface area (Å²) in [6.45, 7) is 1.06. The summed E-state index contributed by atoms with van der Waals surface area (Å²) in [6.07, 6.45) is 0. The van der Waals surface area contributed by atoms with E-state index in [1.54, 1.807) is 0 Å². The number of nitro benzene ring substituents is 1. The quantitative estimate of drug-likeness (QED) is 0.587. The van der Waals surface area contributed by atoms with Gasteiger partial charge in [-0.05, 0) is 13.0 Å². The standard InChI is InChI=1S/C11H10N2O5/c1-7(14)5-12-9-4-8(13(16)17)2-3-10(9)18-6-11(12)15/h2-4H,5-6H2,1H3. The van der Waals surface area contributed by atoms with Gasteiger partial charge in [-0.25, -0.2) is 0 Å². The average Bonchev–Trinajstić information content (AvgIpc) is 2.31. The Morgan fingerprint density at radius 2 is 2.28 bits per heavy atom. The number of hydrogen-bond acceptors (Lipinski definition) is 5. The molecule has 0 saturated heterocycles. The zero-order valence-corrected chi connectivity index (χ0v) is 9.58. The highest BCUT2D eigenvalue weighted by atomic mass is 16.6. The molecule has 7 nitrogen and oxygen atoms in total. The minimum atomic E-state index is -0.564. The third-order valence-corrected chi connectivity index (χ3v) is 2.48. The zero-order chi connectivity index (χ0) is 13.3. The Hall–Kier alpha value is -2.44. The van der Waals surface area contributed by atoms with Gasteiger partial charge in [0.05, 0.1) is 17.2 Å². The highest BCUT2D eigenvalue weighted by molar-refractivity contribution is 6.02. The minimum absolute atomic E-state index is 0.115. The van der Waals surface area contributed by atoms with Crippen molar-refractivity contribution in [1.29, 1.82) is 0 Å². The summed E-state index contributed by atoms with van der Waals surface area (Å²) in [7, 11) is 0. The summed E-state index contributed by atoms with van der Waals surface area (Å²) in [4.78, 5) is 34.1. The highest BCUT2D eigenvalue weighted by Crippen LogP contribution is 2.34. The lowest BCUT2D eigenvalue weighted by molar-refractivity contribution is -0.384. The van der Waals surface area contributed by atoms with Gasteiger partial charge in [-0.2, -0.15) is 0 Å². The molecular weight excluding hydrogens is 240 g/mol. The van der Waals surface area contributed by atoms with Crippen molar-refractivity contribution in [2.45, 2.75) is 6.92 Å². The summed E-state index contributed by atoms with van der Waals surface area (Å²) >= 11 is 0. The molecule has 0 saturated carbocycles. The van der Waals surface area contributed by atoms with Crippen molar-refractivity contribution in [2.24, 2.45) is 0 Å². The molecule has 94 valence electrons. The van der Waals surface area contributed by atoms with Crippen LogP contribution in [0.25, 0.3) is 0 Å². The summed E-state index contributed by atoms with van der Waals surface area (Å²) in [5.74, 6) is -0.234. The molecule has 0 aromatic heterocycles. The normalized spacial score (nSPS) is 13.8. The number of nitro groups is 1. The van der Waals surface area contributed by atoms with E-state index < -0.39 is 10.8 Å². The predicted molar refractivity (Wildman–Crippen MR) is 61.6 cm³/mol. The average molecular weight is 250 g/mol. The maximum Gasteiger partial charge on any atom is 0.271 e. The summed E-state index contributed by atoms with van der Waals surface area (Å²) in [6, 6.07) is 3.95. The number of Topliss-reactive ketones (excluding diaryl/α,β-unsaturated/α-hetero) is 1. The maximum absolute atomic E-state index is 11.7. The second-order valence-corrected chi connectivity index (χ2v) is 3.88. The number of carbonyl (C=O) groups excluding carboxylic acids is 2. The number of nitrogens with zero attached hydrogens (tertiary/aromatic N) is 2. The van der Waals surface area contributed by atoms with E-state index in [4.69, 9.17) is 4.74 Å². The van der Waals surface area contributed by atoms with Crippen LogP contribution < -0.4 is 9.64 Å². The van der Waals surface area contributed by atoms with Gasteiger partial charge in [0.1, 0.15) is 11.5 Å². The molecule has 0 bridgehead atoms. The van der Waals surface area contributed by atoms with Crippen LogP contribution in [0.5, 0.6) is 5.75 Å². The fourth-order valence-corrected chi connectivity index (χ4v) is 1.70. The lowest BCUT2D eigenvalue weighted by Gasteiger charge is -2.28. The van der Waals surface area contributed by atoms with E-state index in [0.29, 0.717) is 5.75 Å². The molecule has 0 radical (unpaired) electrons. The number of ether oxygens (including phenoxy) is 1. The van der Waals surface area contributed by atoms with Crippen molar-refractivity contribution in [1.82, 2.24) is 0 Å². The molecule has 0 unspecified atom stereocenters. The van der Waals surface area contributed by atoms with Crippen molar-refractivity contribution < 1.29 is 19.2 Å². The molecule has 1 aromatic carbocycles. The van der Waals surface area contributed by atoms with Gasteiger partial charge >= 0.3 is 0 Å². The van der Waals surface area contributed by atoms with Crippen molar-refractivity contribution in [3.63, 3.8) is 0 Å². The van der Waals surface area contributed by atoms with E-state index in [2.05, 4.69) is 0 Å². The molecule has 1 aliphatic heterocycles. The molecule has 18 heavy (non-hydrogen) atoms.